The topological polar surface area (TPSA) is 122 Å². The number of rotatable bonds is 4. The van der Waals surface area contributed by atoms with E-state index in [1.165, 1.54) is 19.2 Å². The molecule has 1 saturated heterocycles. The van der Waals surface area contributed by atoms with Crippen molar-refractivity contribution in [3.63, 3.8) is 0 Å². The molecule has 1 aliphatic rings. The average Bonchev–Trinajstić information content (AvgIpc) is 2.92. The third-order valence-corrected chi connectivity index (χ3v) is 3.80. The summed E-state index contributed by atoms with van der Waals surface area (Å²) in [7, 11) is 1.21. The third-order valence-electron chi connectivity index (χ3n) is 3.80. The number of anilines is 1. The van der Waals surface area contributed by atoms with Crippen LogP contribution in [0.25, 0.3) is 6.08 Å². The van der Waals surface area contributed by atoms with Crippen molar-refractivity contribution >= 4 is 29.3 Å². The summed E-state index contributed by atoms with van der Waals surface area (Å²) in [4.78, 5) is 35.0. The number of nitro benzene ring substituents is 1. The van der Waals surface area contributed by atoms with Gasteiger partial charge in [0.25, 0.3) is 17.5 Å². The quantitative estimate of drug-likeness (QED) is 0.365. The van der Waals surface area contributed by atoms with Gasteiger partial charge >= 0.3 is 0 Å². The lowest BCUT2D eigenvalue weighted by Gasteiger charge is -2.14. The predicted molar refractivity (Wildman–Crippen MR) is 91.3 cm³/mol. The van der Waals surface area contributed by atoms with Crippen molar-refractivity contribution in [2.24, 2.45) is 0 Å². The fourth-order valence-electron chi connectivity index (χ4n) is 2.47. The Labute approximate surface area is 151 Å². The van der Waals surface area contributed by atoms with Crippen LogP contribution in [0, 0.1) is 15.9 Å². The van der Waals surface area contributed by atoms with Crippen LogP contribution in [0.4, 0.5) is 15.8 Å². The summed E-state index contributed by atoms with van der Waals surface area (Å²) in [6.07, 6.45) is 1.02. The van der Waals surface area contributed by atoms with Crippen LogP contribution in [0.3, 0.4) is 0 Å². The number of phenolic OH excluding ortho intramolecular Hbond substituents is 1. The Hall–Kier alpha value is -3.95. The molecular formula is C17H12FN3O6. The van der Waals surface area contributed by atoms with Gasteiger partial charge in [-0.25, -0.2) is 9.40 Å². The molecule has 0 radical (unpaired) electrons. The number of benzene rings is 2. The number of halogens is 1. The smallest absolute Gasteiger partial charge is 0.282 e. The van der Waals surface area contributed by atoms with Crippen molar-refractivity contribution in [3.8, 4) is 11.5 Å². The molecule has 2 aromatic rings. The van der Waals surface area contributed by atoms with Gasteiger partial charge in [-0.2, -0.15) is 0 Å². The van der Waals surface area contributed by atoms with Gasteiger partial charge in [0.05, 0.1) is 23.8 Å². The Morgan fingerprint density at radius 1 is 1.26 bits per heavy atom. The zero-order valence-electron chi connectivity index (χ0n) is 13.8. The molecule has 0 atom stereocenters. The summed E-state index contributed by atoms with van der Waals surface area (Å²) in [5.41, 5.74) is 1.63. The summed E-state index contributed by atoms with van der Waals surface area (Å²) in [6.45, 7) is 0. The zero-order chi connectivity index (χ0) is 19.7. The summed E-state index contributed by atoms with van der Waals surface area (Å²) < 4.78 is 17.9. The van der Waals surface area contributed by atoms with Crippen molar-refractivity contribution in [2.75, 3.05) is 12.1 Å². The molecule has 27 heavy (non-hydrogen) atoms. The lowest BCUT2D eigenvalue weighted by atomic mass is 10.1. The number of non-ortho nitro benzene ring substituents is 1. The molecule has 1 fully saturated rings. The molecule has 3 rings (SSSR count). The number of methoxy groups -OCH3 is 1. The standard InChI is InChI=1S/C17H12FN3O6/c1-27-14-8-12(21(25)26)6-9(15(14)22)7-13-16(23)19-20(17(13)24)11-4-2-10(18)3-5-11/h2-8,22H,1H3,(H,19,23). The van der Waals surface area contributed by atoms with Gasteiger partial charge in [0.1, 0.15) is 11.4 Å². The van der Waals surface area contributed by atoms with Crippen LogP contribution < -0.4 is 15.2 Å². The first kappa shape index (κ1) is 17.9. The molecule has 138 valence electrons. The van der Waals surface area contributed by atoms with E-state index >= 15 is 0 Å². The van der Waals surface area contributed by atoms with Crippen molar-refractivity contribution in [1.82, 2.24) is 5.43 Å². The molecule has 0 aromatic heterocycles. The first-order valence-electron chi connectivity index (χ1n) is 7.50. The van der Waals surface area contributed by atoms with E-state index < -0.39 is 34.0 Å². The highest BCUT2D eigenvalue weighted by Gasteiger charge is 2.35. The number of amides is 2. The number of hydrogen-bond acceptors (Lipinski definition) is 6. The van der Waals surface area contributed by atoms with E-state index in [2.05, 4.69) is 5.43 Å². The van der Waals surface area contributed by atoms with Crippen LogP contribution >= 0.6 is 0 Å². The van der Waals surface area contributed by atoms with Crippen molar-refractivity contribution in [3.05, 3.63) is 63.5 Å². The Kier molecular flexibility index (Phi) is 4.46. The van der Waals surface area contributed by atoms with Crippen molar-refractivity contribution < 1.29 is 28.7 Å². The molecule has 10 heteroatoms. The summed E-state index contributed by atoms with van der Waals surface area (Å²) >= 11 is 0. The molecule has 9 nitrogen and oxygen atoms in total. The van der Waals surface area contributed by atoms with E-state index in [1.54, 1.807) is 0 Å². The van der Waals surface area contributed by atoms with E-state index in [0.717, 1.165) is 35.4 Å². The van der Waals surface area contributed by atoms with Crippen LogP contribution in [0.15, 0.2) is 42.0 Å². The van der Waals surface area contributed by atoms with Crippen LogP contribution in [-0.2, 0) is 9.59 Å². The van der Waals surface area contributed by atoms with Gasteiger partial charge in [-0.1, -0.05) is 0 Å². The number of carbonyl (C=O) groups is 2. The number of hydrogen-bond donors (Lipinski definition) is 2. The van der Waals surface area contributed by atoms with Crippen molar-refractivity contribution in [1.29, 1.82) is 0 Å². The minimum atomic E-state index is -0.783. The molecule has 0 unspecified atom stereocenters. The molecule has 0 bridgehead atoms. The number of aromatic hydroxyl groups is 1. The van der Waals surface area contributed by atoms with E-state index in [4.69, 9.17) is 4.74 Å². The maximum Gasteiger partial charge on any atom is 0.282 e. The first-order chi connectivity index (χ1) is 12.8. The molecule has 0 aliphatic carbocycles. The number of nitrogens with zero attached hydrogens (tertiary/aromatic N) is 2. The summed E-state index contributed by atoms with van der Waals surface area (Å²) in [5, 5.41) is 22.1. The monoisotopic (exact) mass is 373 g/mol. The Balaban J connectivity index is 2.03. The second-order valence-corrected chi connectivity index (χ2v) is 5.46. The van der Waals surface area contributed by atoms with E-state index in [-0.39, 0.29) is 22.6 Å². The molecule has 1 heterocycles. The Morgan fingerprint density at radius 2 is 1.93 bits per heavy atom. The third kappa shape index (κ3) is 3.27. The molecule has 2 amide bonds. The Morgan fingerprint density at radius 3 is 2.52 bits per heavy atom. The van der Waals surface area contributed by atoms with E-state index in [1.807, 2.05) is 0 Å². The van der Waals surface area contributed by atoms with Crippen LogP contribution in [-0.4, -0.2) is 29.0 Å². The number of phenols is 1. The zero-order valence-corrected chi connectivity index (χ0v) is 13.8. The average molecular weight is 373 g/mol. The number of carbonyl (C=O) groups excluding carboxylic acids is 2. The van der Waals surface area contributed by atoms with E-state index in [9.17, 15) is 29.2 Å². The normalized spacial score (nSPS) is 15.2. The largest absolute Gasteiger partial charge is 0.504 e. The predicted octanol–water partition coefficient (Wildman–Crippen LogP) is 1.91. The lowest BCUT2D eigenvalue weighted by molar-refractivity contribution is -0.385. The van der Waals surface area contributed by atoms with Gasteiger partial charge < -0.3 is 9.84 Å². The van der Waals surface area contributed by atoms with Gasteiger partial charge in [0.15, 0.2) is 11.5 Å². The van der Waals surface area contributed by atoms with Gasteiger partial charge in [-0.3, -0.25) is 25.1 Å². The number of nitrogens with one attached hydrogen (secondary N) is 1. The number of ether oxygens (including phenoxy) is 1. The SMILES string of the molecule is COc1cc([N+](=O)[O-])cc(C=C2C(=O)NN(c3ccc(F)cc3)C2=O)c1O. The highest BCUT2D eigenvalue weighted by Crippen LogP contribution is 2.36. The van der Waals surface area contributed by atoms with Crippen molar-refractivity contribution in [2.45, 2.75) is 0 Å². The van der Waals surface area contributed by atoms with E-state index in [0.29, 0.717) is 0 Å². The molecular weight excluding hydrogens is 361 g/mol. The first-order valence-corrected chi connectivity index (χ1v) is 7.50. The highest BCUT2D eigenvalue weighted by atomic mass is 19.1. The molecule has 2 aromatic carbocycles. The molecule has 1 aliphatic heterocycles. The second-order valence-electron chi connectivity index (χ2n) is 5.46. The van der Waals surface area contributed by atoms with Crippen LogP contribution in [0.5, 0.6) is 11.5 Å². The van der Waals surface area contributed by atoms with Gasteiger partial charge in [0.2, 0.25) is 0 Å². The fourth-order valence-corrected chi connectivity index (χ4v) is 2.47. The van der Waals surface area contributed by atoms with Gasteiger partial charge in [0, 0.05) is 11.6 Å². The van der Waals surface area contributed by atoms with Crippen LogP contribution in [0.1, 0.15) is 5.56 Å². The van der Waals surface area contributed by atoms with Gasteiger partial charge in [-0.15, -0.1) is 0 Å². The van der Waals surface area contributed by atoms with Gasteiger partial charge in [-0.05, 0) is 30.3 Å². The highest BCUT2D eigenvalue weighted by molar-refractivity contribution is 6.31. The van der Waals surface area contributed by atoms with Crippen LogP contribution in [0.2, 0.25) is 0 Å². The molecule has 2 N–H and O–H groups in total. The summed E-state index contributed by atoms with van der Waals surface area (Å²) in [5.74, 6) is -2.71. The maximum absolute atomic E-state index is 13.0. The second kappa shape index (κ2) is 6.75. The summed E-state index contributed by atoms with van der Waals surface area (Å²) in [6, 6.07) is 6.85. The fraction of sp³-hybridized carbons (Fsp3) is 0.0588. The minimum Gasteiger partial charge on any atom is -0.504 e. The lowest BCUT2D eigenvalue weighted by Crippen LogP contribution is -2.35. The molecule has 0 spiro atoms. The molecule has 0 saturated carbocycles. The Bertz CT molecular complexity index is 987. The number of nitro groups is 1. The minimum absolute atomic E-state index is 0.138. The maximum atomic E-state index is 13.0. The number of hydrazine groups is 1.